The van der Waals surface area contributed by atoms with Gasteiger partial charge < -0.3 is 10.2 Å². The first kappa shape index (κ1) is 17.5. The van der Waals surface area contributed by atoms with E-state index in [4.69, 9.17) is 0 Å². The first-order chi connectivity index (χ1) is 9.77. The standard InChI is InChI=1S/C14H23F3N4/c1-5-7-18-11-8-12(21(6-2)9-10(3)4)20-13(19-11)14(15,16)17/h8,10H,5-7,9H2,1-4H3,(H,18,19,20). The van der Waals surface area contributed by atoms with Crippen molar-refractivity contribution < 1.29 is 13.2 Å². The van der Waals surface area contributed by atoms with E-state index >= 15 is 0 Å². The molecule has 21 heavy (non-hydrogen) atoms. The molecule has 120 valence electrons. The van der Waals surface area contributed by atoms with E-state index in [-0.39, 0.29) is 5.82 Å². The average Bonchev–Trinajstić information content (AvgIpc) is 2.41. The fraction of sp³-hybridized carbons (Fsp3) is 0.714. The first-order valence-electron chi connectivity index (χ1n) is 7.23. The van der Waals surface area contributed by atoms with E-state index in [0.717, 1.165) is 6.42 Å². The number of hydrogen-bond donors (Lipinski definition) is 1. The van der Waals surface area contributed by atoms with Gasteiger partial charge in [-0.15, -0.1) is 0 Å². The quantitative estimate of drug-likeness (QED) is 0.832. The summed E-state index contributed by atoms with van der Waals surface area (Å²) in [6.07, 6.45) is -3.74. The Balaban J connectivity index is 3.16. The fourth-order valence-corrected chi connectivity index (χ4v) is 1.89. The number of anilines is 2. The molecular weight excluding hydrogens is 281 g/mol. The van der Waals surface area contributed by atoms with Crippen LogP contribution in [0.4, 0.5) is 24.8 Å². The van der Waals surface area contributed by atoms with Gasteiger partial charge in [-0.05, 0) is 19.3 Å². The molecule has 4 nitrogen and oxygen atoms in total. The predicted octanol–water partition coefficient (Wildman–Crippen LogP) is 3.80. The van der Waals surface area contributed by atoms with Crippen LogP contribution in [0.15, 0.2) is 6.07 Å². The molecule has 0 bridgehead atoms. The molecule has 1 N–H and O–H groups in total. The molecule has 0 atom stereocenters. The highest BCUT2D eigenvalue weighted by Gasteiger charge is 2.35. The molecule has 0 amide bonds. The number of aromatic nitrogens is 2. The normalized spacial score (nSPS) is 11.8. The second-order valence-corrected chi connectivity index (χ2v) is 5.29. The second kappa shape index (κ2) is 7.47. The van der Waals surface area contributed by atoms with E-state index in [1.54, 1.807) is 6.07 Å². The molecule has 1 rings (SSSR count). The third-order valence-electron chi connectivity index (χ3n) is 2.81. The highest BCUT2D eigenvalue weighted by atomic mass is 19.4. The fourth-order valence-electron chi connectivity index (χ4n) is 1.89. The van der Waals surface area contributed by atoms with E-state index in [0.29, 0.717) is 31.4 Å². The summed E-state index contributed by atoms with van der Waals surface area (Å²) in [4.78, 5) is 9.08. The smallest absolute Gasteiger partial charge is 0.370 e. The summed E-state index contributed by atoms with van der Waals surface area (Å²) in [6, 6.07) is 1.58. The van der Waals surface area contributed by atoms with Crippen LogP contribution in [0.25, 0.3) is 0 Å². The van der Waals surface area contributed by atoms with Crippen LogP contribution in [0.5, 0.6) is 0 Å². The Kier molecular flexibility index (Phi) is 6.23. The molecule has 0 saturated carbocycles. The Morgan fingerprint density at radius 2 is 1.90 bits per heavy atom. The van der Waals surface area contributed by atoms with Gasteiger partial charge in [0.15, 0.2) is 0 Å². The number of nitrogens with zero attached hydrogens (tertiary/aromatic N) is 3. The van der Waals surface area contributed by atoms with Crippen LogP contribution in [-0.2, 0) is 6.18 Å². The highest BCUT2D eigenvalue weighted by Crippen LogP contribution is 2.29. The van der Waals surface area contributed by atoms with E-state index in [1.165, 1.54) is 0 Å². The van der Waals surface area contributed by atoms with Gasteiger partial charge >= 0.3 is 6.18 Å². The molecule has 7 heteroatoms. The Morgan fingerprint density at radius 1 is 1.24 bits per heavy atom. The van der Waals surface area contributed by atoms with Crippen molar-refractivity contribution >= 4 is 11.6 Å². The van der Waals surface area contributed by atoms with Crippen LogP contribution in [0, 0.1) is 5.92 Å². The highest BCUT2D eigenvalue weighted by molar-refractivity contribution is 5.49. The van der Waals surface area contributed by atoms with Gasteiger partial charge in [0.25, 0.3) is 0 Å². The van der Waals surface area contributed by atoms with Gasteiger partial charge in [0.2, 0.25) is 5.82 Å². The maximum Gasteiger partial charge on any atom is 0.451 e. The van der Waals surface area contributed by atoms with Crippen LogP contribution in [0.3, 0.4) is 0 Å². The Hall–Kier alpha value is -1.53. The number of rotatable bonds is 7. The molecular formula is C14H23F3N4. The number of hydrogen-bond acceptors (Lipinski definition) is 4. The molecule has 0 unspecified atom stereocenters. The zero-order chi connectivity index (χ0) is 16.0. The van der Waals surface area contributed by atoms with Crippen molar-refractivity contribution in [2.45, 2.75) is 40.3 Å². The molecule has 0 fully saturated rings. The largest absolute Gasteiger partial charge is 0.451 e. The van der Waals surface area contributed by atoms with Crippen molar-refractivity contribution in [3.8, 4) is 0 Å². The predicted molar refractivity (Wildman–Crippen MR) is 78.5 cm³/mol. The topological polar surface area (TPSA) is 41.0 Å². The van der Waals surface area contributed by atoms with Crippen molar-refractivity contribution in [3.63, 3.8) is 0 Å². The van der Waals surface area contributed by atoms with Gasteiger partial charge in [-0.25, -0.2) is 9.97 Å². The lowest BCUT2D eigenvalue weighted by Crippen LogP contribution is -2.29. The average molecular weight is 304 g/mol. The monoisotopic (exact) mass is 304 g/mol. The van der Waals surface area contributed by atoms with Gasteiger partial charge in [-0.3, -0.25) is 0 Å². The summed E-state index contributed by atoms with van der Waals surface area (Å²) < 4.78 is 38.8. The third-order valence-corrected chi connectivity index (χ3v) is 2.81. The van der Waals surface area contributed by atoms with Crippen LogP contribution in [0.2, 0.25) is 0 Å². The zero-order valence-electron chi connectivity index (χ0n) is 13.0. The van der Waals surface area contributed by atoms with E-state index in [2.05, 4.69) is 15.3 Å². The molecule has 0 aliphatic rings. The molecule has 0 aliphatic carbocycles. The van der Waals surface area contributed by atoms with Crippen molar-refractivity contribution in [2.75, 3.05) is 29.9 Å². The van der Waals surface area contributed by atoms with Crippen LogP contribution in [0.1, 0.15) is 39.9 Å². The Morgan fingerprint density at radius 3 is 2.38 bits per heavy atom. The summed E-state index contributed by atoms with van der Waals surface area (Å²) in [5, 5.41) is 2.90. The van der Waals surface area contributed by atoms with Crippen molar-refractivity contribution in [1.29, 1.82) is 0 Å². The van der Waals surface area contributed by atoms with Crippen molar-refractivity contribution in [3.05, 3.63) is 11.9 Å². The molecule has 0 aliphatic heterocycles. The van der Waals surface area contributed by atoms with Gasteiger partial charge in [-0.1, -0.05) is 20.8 Å². The Bertz CT molecular complexity index is 446. The Labute approximate surface area is 123 Å². The maximum atomic E-state index is 12.9. The van der Waals surface area contributed by atoms with E-state index in [1.807, 2.05) is 32.6 Å². The zero-order valence-corrected chi connectivity index (χ0v) is 13.0. The minimum absolute atomic E-state index is 0.219. The number of alkyl halides is 3. The van der Waals surface area contributed by atoms with Gasteiger partial charge in [0, 0.05) is 25.7 Å². The summed E-state index contributed by atoms with van der Waals surface area (Å²) in [5.41, 5.74) is 0. The van der Waals surface area contributed by atoms with Crippen LogP contribution in [-0.4, -0.2) is 29.6 Å². The van der Waals surface area contributed by atoms with Gasteiger partial charge in [0.1, 0.15) is 11.6 Å². The summed E-state index contributed by atoms with van der Waals surface area (Å²) in [6.45, 7) is 9.70. The summed E-state index contributed by atoms with van der Waals surface area (Å²) in [7, 11) is 0. The number of halogens is 3. The lowest BCUT2D eigenvalue weighted by molar-refractivity contribution is -0.144. The number of nitrogens with one attached hydrogen (secondary N) is 1. The molecule has 0 radical (unpaired) electrons. The van der Waals surface area contributed by atoms with Crippen molar-refractivity contribution in [2.24, 2.45) is 5.92 Å². The van der Waals surface area contributed by atoms with E-state index in [9.17, 15) is 13.2 Å². The second-order valence-electron chi connectivity index (χ2n) is 5.29. The summed E-state index contributed by atoms with van der Waals surface area (Å²) in [5.74, 6) is -0.231. The molecule has 0 spiro atoms. The van der Waals surface area contributed by atoms with Crippen molar-refractivity contribution in [1.82, 2.24) is 9.97 Å². The van der Waals surface area contributed by atoms with Crippen LogP contribution >= 0.6 is 0 Å². The van der Waals surface area contributed by atoms with Gasteiger partial charge in [-0.2, -0.15) is 13.2 Å². The lowest BCUT2D eigenvalue weighted by atomic mass is 10.2. The molecule has 1 aromatic rings. The molecule has 1 aromatic heterocycles. The third kappa shape index (κ3) is 5.40. The summed E-state index contributed by atoms with van der Waals surface area (Å²) >= 11 is 0. The molecule has 0 saturated heterocycles. The minimum Gasteiger partial charge on any atom is -0.370 e. The maximum absolute atomic E-state index is 12.9. The SMILES string of the molecule is CCCNc1cc(N(CC)CC(C)C)nc(C(F)(F)F)n1. The van der Waals surface area contributed by atoms with E-state index < -0.39 is 12.0 Å². The first-order valence-corrected chi connectivity index (χ1v) is 7.23. The van der Waals surface area contributed by atoms with Crippen LogP contribution < -0.4 is 10.2 Å². The lowest BCUT2D eigenvalue weighted by Gasteiger charge is -2.25. The molecule has 0 aromatic carbocycles. The minimum atomic E-state index is -4.55. The van der Waals surface area contributed by atoms with Gasteiger partial charge in [0.05, 0.1) is 0 Å². The molecule has 1 heterocycles.